The van der Waals surface area contributed by atoms with Crippen LogP contribution in [0.3, 0.4) is 0 Å². The van der Waals surface area contributed by atoms with Gasteiger partial charge in [-0.2, -0.15) is 0 Å². The number of carbonyl (C=O) groups is 2. The Kier molecular flexibility index (Phi) is 7.26. The summed E-state index contributed by atoms with van der Waals surface area (Å²) in [7, 11) is 0. The summed E-state index contributed by atoms with van der Waals surface area (Å²) in [4.78, 5) is 31.3. The molecule has 7 nitrogen and oxygen atoms in total. The van der Waals surface area contributed by atoms with Crippen LogP contribution in [0.5, 0.6) is 0 Å². The lowest BCUT2D eigenvalue weighted by molar-refractivity contribution is -0.123. The summed E-state index contributed by atoms with van der Waals surface area (Å²) in [5, 5.41) is 17.3. The topological polar surface area (TPSA) is 88.3 Å². The Morgan fingerprint density at radius 1 is 1.15 bits per heavy atom. The fourth-order valence-electron chi connectivity index (χ4n) is 4.36. The molecule has 4 rings (SSSR count). The van der Waals surface area contributed by atoms with Crippen LogP contribution in [0.4, 0.5) is 5.82 Å². The Morgan fingerprint density at radius 3 is 2.44 bits per heavy atom. The van der Waals surface area contributed by atoms with Crippen molar-refractivity contribution in [2.75, 3.05) is 4.90 Å². The van der Waals surface area contributed by atoms with E-state index in [1.165, 1.54) is 6.20 Å². The molecule has 2 aromatic heterocycles. The van der Waals surface area contributed by atoms with Crippen molar-refractivity contribution in [1.82, 2.24) is 14.8 Å². The van der Waals surface area contributed by atoms with Gasteiger partial charge in [0.15, 0.2) is 5.82 Å². The fourth-order valence-corrected chi connectivity index (χ4v) is 4.88. The summed E-state index contributed by atoms with van der Waals surface area (Å²) in [6.07, 6.45) is 10.9. The molecule has 0 radical (unpaired) electrons. The molecule has 0 aliphatic heterocycles. The van der Waals surface area contributed by atoms with E-state index in [0.717, 1.165) is 41.9 Å². The zero-order chi connectivity index (χ0) is 24.2. The number of hydrogen-bond acceptors (Lipinski definition) is 5. The molecule has 8 heteroatoms. The molecule has 1 aliphatic carbocycles. The van der Waals surface area contributed by atoms with E-state index >= 15 is 0 Å². The van der Waals surface area contributed by atoms with Crippen molar-refractivity contribution in [3.05, 3.63) is 58.2 Å². The SMILES string of the molecule is CC1CCC(C(=O)N(c2nn(-c3ccc(/C=C/c4nccs4)cc3)cc2C(=O)O)C(C)C)CC1. The number of carboxylic acids is 1. The van der Waals surface area contributed by atoms with E-state index in [2.05, 4.69) is 17.0 Å². The van der Waals surface area contributed by atoms with E-state index in [1.807, 2.05) is 55.6 Å². The van der Waals surface area contributed by atoms with Crippen molar-refractivity contribution in [1.29, 1.82) is 0 Å². The van der Waals surface area contributed by atoms with Gasteiger partial charge >= 0.3 is 5.97 Å². The zero-order valence-corrected chi connectivity index (χ0v) is 20.5. The van der Waals surface area contributed by atoms with Crippen LogP contribution >= 0.6 is 11.3 Å². The summed E-state index contributed by atoms with van der Waals surface area (Å²) < 4.78 is 1.54. The number of hydrogen-bond donors (Lipinski definition) is 1. The highest BCUT2D eigenvalue weighted by molar-refractivity contribution is 7.10. The third-order valence-corrected chi connectivity index (χ3v) is 7.04. The van der Waals surface area contributed by atoms with Crippen LogP contribution < -0.4 is 4.90 Å². The Balaban J connectivity index is 1.61. The first-order valence-electron chi connectivity index (χ1n) is 11.7. The summed E-state index contributed by atoms with van der Waals surface area (Å²) in [6, 6.07) is 7.44. The first kappa shape index (κ1) is 23.9. The van der Waals surface area contributed by atoms with Gasteiger partial charge in [-0.25, -0.2) is 14.5 Å². The summed E-state index contributed by atoms with van der Waals surface area (Å²) in [5.74, 6) is -0.379. The van der Waals surface area contributed by atoms with Gasteiger partial charge in [-0.3, -0.25) is 9.69 Å². The molecule has 2 heterocycles. The standard InChI is InChI=1S/C26H30N4O3S/c1-17(2)30(25(31)20-9-4-18(3)5-10-20)24-22(26(32)33)16-29(28-24)21-11-6-19(7-12-21)8-13-23-27-14-15-34-23/h6-8,11-18,20H,4-5,9-10H2,1-3H3,(H,32,33)/b13-8+. The average Bonchev–Trinajstić information content (AvgIpc) is 3.49. The van der Waals surface area contributed by atoms with Crippen LogP contribution in [0.2, 0.25) is 0 Å². The molecule has 3 aromatic rings. The number of benzene rings is 1. The maximum Gasteiger partial charge on any atom is 0.341 e. The fraction of sp³-hybridized carbons (Fsp3) is 0.385. The van der Waals surface area contributed by atoms with E-state index in [9.17, 15) is 14.7 Å². The molecule has 1 aliphatic rings. The lowest BCUT2D eigenvalue weighted by Gasteiger charge is -2.32. The van der Waals surface area contributed by atoms with Gasteiger partial charge in [0.25, 0.3) is 0 Å². The van der Waals surface area contributed by atoms with Gasteiger partial charge in [-0.15, -0.1) is 16.4 Å². The molecule has 0 saturated heterocycles. The minimum atomic E-state index is -1.10. The van der Waals surface area contributed by atoms with Crippen LogP contribution in [-0.2, 0) is 4.79 Å². The molecule has 1 amide bonds. The Bertz CT molecular complexity index is 1160. The first-order chi connectivity index (χ1) is 16.3. The van der Waals surface area contributed by atoms with Gasteiger partial charge < -0.3 is 5.11 Å². The molecule has 0 atom stereocenters. The minimum absolute atomic E-state index is 0.0268. The van der Waals surface area contributed by atoms with E-state index in [-0.39, 0.29) is 29.2 Å². The van der Waals surface area contributed by atoms with Gasteiger partial charge in [0.2, 0.25) is 5.91 Å². The third-order valence-electron chi connectivity index (χ3n) is 6.30. The Labute approximate surface area is 203 Å². The third kappa shape index (κ3) is 5.28. The summed E-state index contributed by atoms with van der Waals surface area (Å²) >= 11 is 1.57. The van der Waals surface area contributed by atoms with Crippen molar-refractivity contribution in [3.63, 3.8) is 0 Å². The van der Waals surface area contributed by atoms with Gasteiger partial charge in [-0.05, 0) is 69.2 Å². The van der Waals surface area contributed by atoms with E-state index in [1.54, 1.807) is 27.1 Å². The number of anilines is 1. The largest absolute Gasteiger partial charge is 0.477 e. The van der Waals surface area contributed by atoms with Gasteiger partial charge in [0.1, 0.15) is 10.6 Å². The van der Waals surface area contributed by atoms with Crippen LogP contribution in [0.15, 0.2) is 42.0 Å². The minimum Gasteiger partial charge on any atom is -0.477 e. The quantitative estimate of drug-likeness (QED) is 0.466. The lowest BCUT2D eigenvalue weighted by Crippen LogP contribution is -2.43. The number of thiazole rings is 1. The van der Waals surface area contributed by atoms with Crippen LogP contribution in [0.1, 0.15) is 67.4 Å². The first-order valence-corrected chi connectivity index (χ1v) is 12.6. The van der Waals surface area contributed by atoms with Crippen molar-refractivity contribution >= 4 is 41.2 Å². The van der Waals surface area contributed by atoms with Crippen molar-refractivity contribution in [2.45, 2.75) is 52.5 Å². The van der Waals surface area contributed by atoms with Gasteiger partial charge in [0, 0.05) is 29.7 Å². The van der Waals surface area contributed by atoms with Crippen LogP contribution in [-0.4, -0.2) is 37.8 Å². The molecule has 1 fully saturated rings. The van der Waals surface area contributed by atoms with Gasteiger partial charge in [-0.1, -0.05) is 25.1 Å². The highest BCUT2D eigenvalue weighted by Crippen LogP contribution is 2.32. The number of amides is 1. The maximum atomic E-state index is 13.5. The highest BCUT2D eigenvalue weighted by Gasteiger charge is 2.34. The molecule has 1 aromatic carbocycles. The molecule has 0 spiro atoms. The van der Waals surface area contributed by atoms with Crippen LogP contribution in [0.25, 0.3) is 17.8 Å². The predicted octanol–water partition coefficient (Wildman–Crippen LogP) is 5.77. The smallest absolute Gasteiger partial charge is 0.341 e. The molecule has 1 saturated carbocycles. The molecule has 1 N–H and O–H groups in total. The normalized spacial score (nSPS) is 18.5. The lowest BCUT2D eigenvalue weighted by atomic mass is 9.82. The van der Waals surface area contributed by atoms with Gasteiger partial charge in [0.05, 0.1) is 5.69 Å². The number of nitrogens with zero attached hydrogens (tertiary/aromatic N) is 4. The van der Waals surface area contributed by atoms with Crippen molar-refractivity contribution < 1.29 is 14.7 Å². The van der Waals surface area contributed by atoms with Crippen molar-refractivity contribution in [2.24, 2.45) is 11.8 Å². The van der Waals surface area contributed by atoms with E-state index < -0.39 is 5.97 Å². The van der Waals surface area contributed by atoms with E-state index in [0.29, 0.717) is 5.92 Å². The number of carbonyl (C=O) groups excluding carboxylic acids is 1. The monoisotopic (exact) mass is 478 g/mol. The second kappa shape index (κ2) is 10.3. The number of rotatable bonds is 7. The molecular formula is C26H30N4O3S. The zero-order valence-electron chi connectivity index (χ0n) is 19.7. The number of aromatic carboxylic acids is 1. The second-order valence-electron chi connectivity index (χ2n) is 9.17. The summed E-state index contributed by atoms with van der Waals surface area (Å²) in [5.41, 5.74) is 1.75. The second-order valence-corrected chi connectivity index (χ2v) is 10.1. The molecule has 178 valence electrons. The molecule has 0 bridgehead atoms. The molecular weight excluding hydrogens is 448 g/mol. The molecule has 0 unspecified atom stereocenters. The maximum absolute atomic E-state index is 13.5. The summed E-state index contributed by atoms with van der Waals surface area (Å²) in [6.45, 7) is 6.01. The molecule has 34 heavy (non-hydrogen) atoms. The van der Waals surface area contributed by atoms with Crippen LogP contribution in [0, 0.1) is 11.8 Å². The number of aromatic nitrogens is 3. The van der Waals surface area contributed by atoms with E-state index in [4.69, 9.17) is 0 Å². The average molecular weight is 479 g/mol. The predicted molar refractivity (Wildman–Crippen MR) is 135 cm³/mol. The van der Waals surface area contributed by atoms with Crippen molar-refractivity contribution in [3.8, 4) is 5.69 Å². The highest BCUT2D eigenvalue weighted by atomic mass is 32.1. The Hall–Kier alpha value is -3.26. The number of carboxylic acid groups (broad SMARTS) is 1. The Morgan fingerprint density at radius 2 is 1.85 bits per heavy atom.